The van der Waals surface area contributed by atoms with Crippen molar-refractivity contribution in [1.82, 2.24) is 0 Å². The number of rotatable bonds is 2. The molecule has 0 bridgehead atoms. The van der Waals surface area contributed by atoms with Crippen LogP contribution in [0, 0.1) is 0 Å². The van der Waals surface area contributed by atoms with Gasteiger partial charge in [-0.15, -0.1) is 0 Å². The Balaban J connectivity index is 0.000000325. The lowest BCUT2D eigenvalue weighted by Crippen LogP contribution is -2.18. The molecule has 0 heterocycles. The minimum atomic E-state index is -0.347. The second-order valence-corrected chi connectivity index (χ2v) is 4.14. The summed E-state index contributed by atoms with van der Waals surface area (Å²) in [5, 5.41) is 0. The van der Waals surface area contributed by atoms with Crippen molar-refractivity contribution >= 4 is 11.9 Å². The second kappa shape index (κ2) is 8.79. The monoisotopic (exact) mass is 242 g/mol. The maximum Gasteiger partial charge on any atom is 0.332 e. The number of ether oxygens (including phenoxy) is 2. The van der Waals surface area contributed by atoms with Gasteiger partial charge in [-0.3, -0.25) is 4.79 Å². The quantitative estimate of drug-likeness (QED) is 0.551. The lowest BCUT2D eigenvalue weighted by molar-refractivity contribution is -0.147. The van der Waals surface area contributed by atoms with Gasteiger partial charge in [-0.2, -0.15) is 0 Å². The van der Waals surface area contributed by atoms with Crippen LogP contribution in [0.4, 0.5) is 0 Å². The number of carbonyl (C=O) groups excluding carboxylic acids is 2. The second-order valence-electron chi connectivity index (χ2n) is 4.14. The van der Waals surface area contributed by atoms with Crippen LogP contribution in [0.15, 0.2) is 12.2 Å². The molecule has 1 fully saturated rings. The van der Waals surface area contributed by atoms with Gasteiger partial charge >= 0.3 is 11.9 Å². The highest BCUT2D eigenvalue weighted by Gasteiger charge is 2.14. The highest BCUT2D eigenvalue weighted by molar-refractivity contribution is 5.86. The van der Waals surface area contributed by atoms with Gasteiger partial charge < -0.3 is 9.47 Å². The van der Waals surface area contributed by atoms with E-state index >= 15 is 0 Å². The molecule has 0 N–H and O–H groups in total. The fourth-order valence-electron chi connectivity index (χ4n) is 1.59. The summed E-state index contributed by atoms with van der Waals surface area (Å²) in [5.74, 6) is -0.480. The molecule has 98 valence electrons. The summed E-state index contributed by atoms with van der Waals surface area (Å²) in [6.07, 6.45) is 6.11. The molecule has 4 heteroatoms. The highest BCUT2D eigenvalue weighted by Crippen LogP contribution is 2.19. The van der Waals surface area contributed by atoms with Gasteiger partial charge in [0.15, 0.2) is 0 Å². The molecule has 0 aromatic heterocycles. The Morgan fingerprint density at radius 1 is 1.12 bits per heavy atom. The van der Waals surface area contributed by atoms with Crippen molar-refractivity contribution in [2.45, 2.75) is 52.1 Å². The fraction of sp³-hybridized carbons (Fsp3) is 0.692. The molecule has 0 radical (unpaired) electrons. The van der Waals surface area contributed by atoms with Crippen LogP contribution >= 0.6 is 0 Å². The Bertz CT molecular complexity index is 265. The van der Waals surface area contributed by atoms with Crippen molar-refractivity contribution < 1.29 is 19.1 Å². The summed E-state index contributed by atoms with van der Waals surface area (Å²) in [4.78, 5) is 20.7. The van der Waals surface area contributed by atoms with Gasteiger partial charge in [-0.25, -0.2) is 4.79 Å². The molecule has 0 amide bonds. The predicted molar refractivity (Wildman–Crippen MR) is 65.5 cm³/mol. The minimum absolute atomic E-state index is 0.132. The summed E-state index contributed by atoms with van der Waals surface area (Å²) in [7, 11) is 1.33. The highest BCUT2D eigenvalue weighted by atomic mass is 16.5. The normalized spacial score (nSPS) is 15.2. The molecule has 0 aliphatic heterocycles. The lowest BCUT2D eigenvalue weighted by Gasteiger charge is -2.20. The van der Waals surface area contributed by atoms with Crippen molar-refractivity contribution in [3.05, 3.63) is 12.2 Å². The summed E-state index contributed by atoms with van der Waals surface area (Å²) >= 11 is 0. The maximum absolute atomic E-state index is 10.5. The molecule has 0 saturated heterocycles. The molecule has 0 atom stereocenters. The third kappa shape index (κ3) is 8.48. The Hall–Kier alpha value is -1.32. The SMILES string of the molecule is C=C(C)C(=O)OC.CC(=O)OC1CCCCC1. The summed E-state index contributed by atoms with van der Waals surface area (Å²) < 4.78 is 9.33. The predicted octanol–water partition coefficient (Wildman–Crippen LogP) is 2.62. The number of hydrogen-bond donors (Lipinski definition) is 0. The van der Waals surface area contributed by atoms with Crippen molar-refractivity contribution in [3.63, 3.8) is 0 Å². The largest absolute Gasteiger partial charge is 0.466 e. The molecular formula is C13H22O4. The van der Waals surface area contributed by atoms with Crippen LogP contribution in [0.5, 0.6) is 0 Å². The van der Waals surface area contributed by atoms with Crippen molar-refractivity contribution in [2.75, 3.05) is 7.11 Å². The van der Waals surface area contributed by atoms with Gasteiger partial charge in [-0.1, -0.05) is 13.0 Å². The van der Waals surface area contributed by atoms with Gasteiger partial charge in [0.2, 0.25) is 0 Å². The number of esters is 2. The van der Waals surface area contributed by atoms with Crippen molar-refractivity contribution in [1.29, 1.82) is 0 Å². The van der Waals surface area contributed by atoms with E-state index in [1.807, 2.05) is 0 Å². The third-order valence-corrected chi connectivity index (χ3v) is 2.42. The first kappa shape index (κ1) is 15.7. The van der Waals surface area contributed by atoms with Crippen LogP contribution in [0.2, 0.25) is 0 Å². The Morgan fingerprint density at radius 3 is 1.94 bits per heavy atom. The summed E-state index contributed by atoms with van der Waals surface area (Å²) in [5.41, 5.74) is 0.433. The van der Waals surface area contributed by atoms with Gasteiger partial charge in [0.25, 0.3) is 0 Å². The lowest BCUT2D eigenvalue weighted by atomic mass is 9.98. The molecule has 1 aliphatic rings. The molecule has 1 saturated carbocycles. The average molecular weight is 242 g/mol. The molecule has 0 spiro atoms. The molecule has 17 heavy (non-hydrogen) atoms. The van der Waals surface area contributed by atoms with Crippen LogP contribution in [-0.2, 0) is 19.1 Å². The zero-order valence-electron chi connectivity index (χ0n) is 11.0. The number of carbonyl (C=O) groups is 2. The van der Waals surface area contributed by atoms with Crippen LogP contribution < -0.4 is 0 Å². The van der Waals surface area contributed by atoms with E-state index in [0.717, 1.165) is 12.8 Å². The van der Waals surface area contributed by atoms with Crippen LogP contribution in [0.1, 0.15) is 46.0 Å². The molecular weight excluding hydrogens is 220 g/mol. The molecule has 4 nitrogen and oxygen atoms in total. The molecule has 0 unspecified atom stereocenters. The van der Waals surface area contributed by atoms with E-state index in [-0.39, 0.29) is 18.0 Å². The topological polar surface area (TPSA) is 52.6 Å². The number of methoxy groups -OCH3 is 1. The van der Waals surface area contributed by atoms with E-state index in [0.29, 0.717) is 5.57 Å². The van der Waals surface area contributed by atoms with E-state index in [4.69, 9.17) is 4.74 Å². The van der Waals surface area contributed by atoms with E-state index in [9.17, 15) is 9.59 Å². The Morgan fingerprint density at radius 2 is 1.65 bits per heavy atom. The number of hydrogen-bond acceptors (Lipinski definition) is 4. The van der Waals surface area contributed by atoms with Gasteiger partial charge in [0.05, 0.1) is 7.11 Å². The first-order valence-electron chi connectivity index (χ1n) is 5.88. The Labute approximate surface area is 103 Å². The zero-order chi connectivity index (χ0) is 13.3. The van der Waals surface area contributed by atoms with E-state index < -0.39 is 0 Å². The van der Waals surface area contributed by atoms with Crippen LogP contribution in [-0.4, -0.2) is 25.2 Å². The Kier molecular flexibility index (Phi) is 8.11. The first-order valence-corrected chi connectivity index (χ1v) is 5.88. The summed E-state index contributed by atoms with van der Waals surface area (Å²) in [6, 6.07) is 0. The van der Waals surface area contributed by atoms with E-state index in [1.54, 1.807) is 6.92 Å². The maximum atomic E-state index is 10.5. The van der Waals surface area contributed by atoms with E-state index in [1.165, 1.54) is 33.3 Å². The third-order valence-electron chi connectivity index (χ3n) is 2.42. The minimum Gasteiger partial charge on any atom is -0.466 e. The molecule has 0 aromatic rings. The molecule has 1 aliphatic carbocycles. The average Bonchev–Trinajstić information content (AvgIpc) is 2.29. The fourth-order valence-corrected chi connectivity index (χ4v) is 1.59. The standard InChI is InChI=1S/C8H14O2.C5H8O2/c1-7(9)10-8-5-3-2-4-6-8;1-4(2)5(6)7-3/h8H,2-6H2,1H3;1H2,2-3H3. The van der Waals surface area contributed by atoms with Gasteiger partial charge in [0.1, 0.15) is 6.10 Å². The summed E-state index contributed by atoms with van der Waals surface area (Å²) in [6.45, 7) is 6.44. The van der Waals surface area contributed by atoms with Crippen LogP contribution in [0.3, 0.4) is 0 Å². The molecule has 1 rings (SSSR count). The van der Waals surface area contributed by atoms with Gasteiger partial charge in [-0.05, 0) is 32.6 Å². The smallest absolute Gasteiger partial charge is 0.332 e. The van der Waals surface area contributed by atoms with Gasteiger partial charge in [0, 0.05) is 12.5 Å². The van der Waals surface area contributed by atoms with Crippen LogP contribution in [0.25, 0.3) is 0 Å². The van der Waals surface area contributed by atoms with E-state index in [2.05, 4.69) is 11.3 Å². The zero-order valence-corrected chi connectivity index (χ0v) is 11.0. The molecule has 0 aromatic carbocycles. The first-order chi connectivity index (χ1) is 7.97. The van der Waals surface area contributed by atoms with Crippen molar-refractivity contribution in [3.8, 4) is 0 Å². The van der Waals surface area contributed by atoms with Crippen molar-refractivity contribution in [2.24, 2.45) is 0 Å².